The number of primary amides is 1. The lowest BCUT2D eigenvalue weighted by Gasteiger charge is -2.23. The van der Waals surface area contributed by atoms with Crippen LogP contribution < -0.4 is 11.1 Å². The number of carbonyl (C=O) groups excluding carboxylic acids is 2. The van der Waals surface area contributed by atoms with Crippen LogP contribution in [0.4, 0.5) is 5.69 Å². The smallest absolute Gasteiger partial charge is 0.248 e. The summed E-state index contributed by atoms with van der Waals surface area (Å²) in [5.41, 5.74) is 7.44. The fraction of sp³-hybridized carbons (Fsp3) is 0.222. The van der Waals surface area contributed by atoms with E-state index >= 15 is 0 Å². The molecule has 0 bridgehead atoms. The van der Waals surface area contributed by atoms with Gasteiger partial charge >= 0.3 is 0 Å². The van der Waals surface area contributed by atoms with E-state index in [1.54, 1.807) is 43.1 Å². The molecule has 0 aliphatic rings. The first-order valence-electron chi connectivity index (χ1n) is 7.42. The fourth-order valence-corrected chi connectivity index (χ4v) is 2.34. The molecular weight excluding hydrogens is 290 g/mol. The Labute approximate surface area is 136 Å². The van der Waals surface area contributed by atoms with E-state index < -0.39 is 11.9 Å². The van der Waals surface area contributed by atoms with E-state index in [1.807, 2.05) is 30.3 Å². The Morgan fingerprint density at radius 3 is 2.48 bits per heavy atom. The SMILES string of the molecule is C[C@@H](Nc1cccc(C(N)=O)c1)C(=O)N(C)Cc1ccccc1. The van der Waals surface area contributed by atoms with Gasteiger partial charge in [0.15, 0.2) is 0 Å². The summed E-state index contributed by atoms with van der Waals surface area (Å²) < 4.78 is 0. The van der Waals surface area contributed by atoms with Crippen molar-refractivity contribution in [1.82, 2.24) is 4.90 Å². The number of rotatable bonds is 6. The summed E-state index contributed by atoms with van der Waals surface area (Å²) in [6.45, 7) is 2.34. The van der Waals surface area contributed by atoms with E-state index in [9.17, 15) is 9.59 Å². The number of carbonyl (C=O) groups is 2. The Balaban J connectivity index is 1.99. The van der Waals surface area contributed by atoms with Crippen molar-refractivity contribution in [1.29, 1.82) is 0 Å². The Hall–Kier alpha value is -2.82. The molecule has 120 valence electrons. The van der Waals surface area contributed by atoms with Crippen LogP contribution in [0, 0.1) is 0 Å². The Bertz CT molecular complexity index is 686. The van der Waals surface area contributed by atoms with Crippen molar-refractivity contribution in [3.63, 3.8) is 0 Å². The third-order valence-electron chi connectivity index (χ3n) is 3.54. The quantitative estimate of drug-likeness (QED) is 0.859. The summed E-state index contributed by atoms with van der Waals surface area (Å²) in [5.74, 6) is -0.521. The maximum absolute atomic E-state index is 12.4. The molecule has 2 amide bonds. The van der Waals surface area contributed by atoms with E-state index in [-0.39, 0.29) is 5.91 Å². The summed E-state index contributed by atoms with van der Waals surface area (Å²) >= 11 is 0. The van der Waals surface area contributed by atoms with Crippen LogP contribution in [0.2, 0.25) is 0 Å². The Morgan fingerprint density at radius 2 is 1.83 bits per heavy atom. The molecule has 1 atom stereocenters. The van der Waals surface area contributed by atoms with Crippen LogP contribution in [0.15, 0.2) is 54.6 Å². The largest absolute Gasteiger partial charge is 0.374 e. The van der Waals surface area contributed by atoms with Gasteiger partial charge < -0.3 is 16.0 Å². The van der Waals surface area contributed by atoms with Crippen molar-refractivity contribution >= 4 is 17.5 Å². The molecule has 23 heavy (non-hydrogen) atoms. The second-order valence-electron chi connectivity index (χ2n) is 5.49. The number of nitrogens with zero attached hydrogens (tertiary/aromatic N) is 1. The zero-order chi connectivity index (χ0) is 16.8. The molecule has 0 saturated carbocycles. The topological polar surface area (TPSA) is 75.4 Å². The van der Waals surface area contributed by atoms with E-state index in [2.05, 4.69) is 5.32 Å². The minimum atomic E-state index is -0.492. The van der Waals surface area contributed by atoms with Gasteiger partial charge in [-0.15, -0.1) is 0 Å². The van der Waals surface area contributed by atoms with Gasteiger partial charge in [0.2, 0.25) is 11.8 Å². The van der Waals surface area contributed by atoms with Gasteiger partial charge in [-0.25, -0.2) is 0 Å². The summed E-state index contributed by atoms with van der Waals surface area (Å²) in [6, 6.07) is 16.2. The average Bonchev–Trinajstić information content (AvgIpc) is 2.55. The number of anilines is 1. The second-order valence-corrected chi connectivity index (χ2v) is 5.49. The van der Waals surface area contributed by atoms with Gasteiger partial charge in [-0.2, -0.15) is 0 Å². The lowest BCUT2D eigenvalue weighted by Crippen LogP contribution is -2.38. The maximum Gasteiger partial charge on any atom is 0.248 e. The van der Waals surface area contributed by atoms with Crippen molar-refractivity contribution in [2.24, 2.45) is 5.73 Å². The van der Waals surface area contributed by atoms with Crippen LogP contribution in [-0.2, 0) is 11.3 Å². The number of hydrogen-bond acceptors (Lipinski definition) is 3. The molecule has 0 aromatic heterocycles. The molecule has 3 N–H and O–H groups in total. The van der Waals surface area contributed by atoms with E-state index in [0.29, 0.717) is 17.8 Å². The molecule has 0 heterocycles. The normalized spacial score (nSPS) is 11.6. The van der Waals surface area contributed by atoms with Gasteiger partial charge in [-0.3, -0.25) is 9.59 Å². The monoisotopic (exact) mass is 311 g/mol. The predicted molar refractivity (Wildman–Crippen MR) is 91.0 cm³/mol. The predicted octanol–water partition coefficient (Wildman–Crippen LogP) is 2.24. The summed E-state index contributed by atoms with van der Waals surface area (Å²) in [4.78, 5) is 25.3. The highest BCUT2D eigenvalue weighted by molar-refractivity contribution is 5.94. The maximum atomic E-state index is 12.4. The highest BCUT2D eigenvalue weighted by Crippen LogP contribution is 2.13. The standard InChI is InChI=1S/C18H21N3O2/c1-13(20-16-10-6-9-15(11-16)17(19)22)18(23)21(2)12-14-7-4-3-5-8-14/h3-11,13,20H,12H2,1-2H3,(H2,19,22)/t13-/m1/s1. The van der Waals surface area contributed by atoms with Crippen LogP contribution in [0.1, 0.15) is 22.8 Å². The first-order valence-corrected chi connectivity index (χ1v) is 7.42. The van der Waals surface area contributed by atoms with Gasteiger partial charge in [-0.1, -0.05) is 36.4 Å². The number of hydrogen-bond donors (Lipinski definition) is 2. The zero-order valence-electron chi connectivity index (χ0n) is 13.3. The van der Waals surface area contributed by atoms with Gasteiger partial charge in [0, 0.05) is 24.8 Å². The molecule has 0 unspecified atom stereocenters. The molecule has 0 aliphatic carbocycles. The van der Waals surface area contributed by atoms with Crippen LogP contribution in [0.3, 0.4) is 0 Å². The molecule has 2 rings (SSSR count). The number of likely N-dealkylation sites (N-methyl/N-ethyl adjacent to an activating group) is 1. The first-order chi connectivity index (χ1) is 11.0. The molecule has 0 spiro atoms. The van der Waals surface area contributed by atoms with Gasteiger partial charge in [0.1, 0.15) is 6.04 Å². The Morgan fingerprint density at radius 1 is 1.13 bits per heavy atom. The molecule has 0 aliphatic heterocycles. The van der Waals surface area contributed by atoms with Gasteiger partial charge in [0.05, 0.1) is 0 Å². The molecular formula is C18H21N3O2. The lowest BCUT2D eigenvalue weighted by molar-refractivity contribution is -0.130. The van der Waals surface area contributed by atoms with Crippen molar-refractivity contribution in [2.45, 2.75) is 19.5 Å². The summed E-state index contributed by atoms with van der Waals surface area (Å²) in [5, 5.41) is 3.10. The Kier molecular flexibility index (Phi) is 5.36. The number of amides is 2. The van der Waals surface area contributed by atoms with E-state index in [4.69, 9.17) is 5.73 Å². The highest BCUT2D eigenvalue weighted by atomic mass is 16.2. The van der Waals surface area contributed by atoms with Gasteiger partial charge in [0.25, 0.3) is 0 Å². The minimum Gasteiger partial charge on any atom is -0.374 e. The third kappa shape index (κ3) is 4.57. The number of nitrogens with one attached hydrogen (secondary N) is 1. The van der Waals surface area contributed by atoms with Gasteiger partial charge in [-0.05, 0) is 30.7 Å². The fourth-order valence-electron chi connectivity index (χ4n) is 2.34. The average molecular weight is 311 g/mol. The molecule has 2 aromatic rings. The van der Waals surface area contributed by atoms with Crippen LogP contribution in [-0.4, -0.2) is 29.8 Å². The number of benzene rings is 2. The van der Waals surface area contributed by atoms with Crippen molar-refractivity contribution in [2.75, 3.05) is 12.4 Å². The van der Waals surface area contributed by atoms with Crippen LogP contribution in [0.25, 0.3) is 0 Å². The van der Waals surface area contributed by atoms with Crippen LogP contribution in [0.5, 0.6) is 0 Å². The van der Waals surface area contributed by atoms with Crippen molar-refractivity contribution < 1.29 is 9.59 Å². The second kappa shape index (κ2) is 7.45. The molecule has 5 heteroatoms. The minimum absolute atomic E-state index is 0.0293. The molecule has 5 nitrogen and oxygen atoms in total. The highest BCUT2D eigenvalue weighted by Gasteiger charge is 2.17. The van der Waals surface area contributed by atoms with E-state index in [0.717, 1.165) is 5.56 Å². The molecule has 0 saturated heterocycles. The zero-order valence-corrected chi connectivity index (χ0v) is 13.3. The molecule has 0 radical (unpaired) electrons. The van der Waals surface area contributed by atoms with E-state index in [1.165, 1.54) is 0 Å². The first kappa shape index (κ1) is 16.5. The number of nitrogens with two attached hydrogens (primary N) is 1. The summed E-state index contributed by atoms with van der Waals surface area (Å²) in [7, 11) is 1.77. The summed E-state index contributed by atoms with van der Waals surface area (Å²) in [6.07, 6.45) is 0. The lowest BCUT2D eigenvalue weighted by atomic mass is 10.1. The molecule has 2 aromatic carbocycles. The van der Waals surface area contributed by atoms with Crippen molar-refractivity contribution in [3.8, 4) is 0 Å². The van der Waals surface area contributed by atoms with Crippen molar-refractivity contribution in [3.05, 3.63) is 65.7 Å². The molecule has 0 fully saturated rings. The van der Waals surface area contributed by atoms with Crippen LogP contribution >= 0.6 is 0 Å². The third-order valence-corrected chi connectivity index (χ3v) is 3.54.